The first-order chi connectivity index (χ1) is 16.7. The molecule has 2 N–H and O–H groups in total. The van der Waals surface area contributed by atoms with Crippen LogP contribution < -0.4 is 4.74 Å². The maximum Gasteiger partial charge on any atom is 0.119 e. The Morgan fingerprint density at radius 2 is 2.12 bits per heavy atom. The van der Waals surface area contributed by atoms with E-state index in [9.17, 15) is 10.2 Å². The van der Waals surface area contributed by atoms with Crippen LogP contribution in [0.4, 0.5) is 0 Å². The van der Waals surface area contributed by atoms with E-state index in [4.69, 9.17) is 4.74 Å². The highest BCUT2D eigenvalue weighted by atomic mass is 32.2. The van der Waals surface area contributed by atoms with E-state index < -0.39 is 6.10 Å². The van der Waals surface area contributed by atoms with Crippen LogP contribution in [0.2, 0.25) is 0 Å². The van der Waals surface area contributed by atoms with Gasteiger partial charge in [-0.15, -0.1) is 11.8 Å². The minimum atomic E-state index is -0.556. The highest BCUT2D eigenvalue weighted by Crippen LogP contribution is 2.33. The van der Waals surface area contributed by atoms with Gasteiger partial charge < -0.3 is 19.8 Å². The number of pyridine rings is 2. The summed E-state index contributed by atoms with van der Waals surface area (Å²) in [5.41, 5.74) is 1.76. The number of methoxy groups -OCH3 is 1. The molecule has 0 aliphatic carbocycles. The molecule has 0 amide bonds. The van der Waals surface area contributed by atoms with E-state index in [0.29, 0.717) is 12.3 Å². The van der Waals surface area contributed by atoms with Crippen LogP contribution in [0.1, 0.15) is 37.4 Å². The minimum absolute atomic E-state index is 0.205. The van der Waals surface area contributed by atoms with Gasteiger partial charge >= 0.3 is 0 Å². The second-order valence-electron chi connectivity index (χ2n) is 9.06. The number of rotatable bonds is 11. The standard InChI is InChI=1S/C27H35N3O3S/c1-33-22-6-7-26-25(16-22)24(9-12-29-26)27(32)8-5-20-10-14-30(18-21(20)19-31)13-3-15-34-23-4-2-11-28-17-23/h2,4,6-7,9,11-12,16-17,20-21,27,31-32H,3,5,8,10,13-15,18-19H2,1H3/t20-,21-,27-/m1/s1. The summed E-state index contributed by atoms with van der Waals surface area (Å²) in [6.07, 6.45) is 8.70. The summed E-state index contributed by atoms with van der Waals surface area (Å²) in [6.45, 7) is 3.26. The summed E-state index contributed by atoms with van der Waals surface area (Å²) in [7, 11) is 1.65. The molecule has 34 heavy (non-hydrogen) atoms. The molecule has 1 aromatic carbocycles. The molecule has 1 aliphatic rings. The van der Waals surface area contributed by atoms with Gasteiger partial charge in [-0.1, -0.05) is 0 Å². The number of benzene rings is 1. The average Bonchev–Trinajstić information content (AvgIpc) is 2.89. The first kappa shape index (κ1) is 24.9. The first-order valence-corrected chi connectivity index (χ1v) is 13.1. The topological polar surface area (TPSA) is 78.7 Å². The average molecular weight is 482 g/mol. The van der Waals surface area contributed by atoms with Crippen molar-refractivity contribution in [1.82, 2.24) is 14.9 Å². The van der Waals surface area contributed by atoms with Crippen LogP contribution in [0.3, 0.4) is 0 Å². The molecule has 3 aromatic rings. The quantitative estimate of drug-likeness (QED) is 0.307. The second kappa shape index (κ2) is 12.5. The summed E-state index contributed by atoms with van der Waals surface area (Å²) in [6, 6.07) is 11.7. The molecule has 3 atom stereocenters. The molecular formula is C27H35N3O3S. The van der Waals surface area contributed by atoms with Crippen molar-refractivity contribution in [3.8, 4) is 5.75 Å². The van der Waals surface area contributed by atoms with E-state index in [1.165, 1.54) is 4.90 Å². The Balaban J connectivity index is 1.26. The van der Waals surface area contributed by atoms with E-state index in [-0.39, 0.29) is 12.5 Å². The lowest BCUT2D eigenvalue weighted by atomic mass is 9.81. The van der Waals surface area contributed by atoms with E-state index >= 15 is 0 Å². The highest BCUT2D eigenvalue weighted by molar-refractivity contribution is 7.99. The van der Waals surface area contributed by atoms with Crippen LogP contribution in [0.25, 0.3) is 10.9 Å². The fourth-order valence-corrected chi connectivity index (χ4v) is 5.77. The summed E-state index contributed by atoms with van der Waals surface area (Å²) in [5, 5.41) is 22.0. The number of hydrogen-bond acceptors (Lipinski definition) is 7. The van der Waals surface area contributed by atoms with Gasteiger partial charge in [0.2, 0.25) is 0 Å². The van der Waals surface area contributed by atoms with E-state index in [0.717, 1.165) is 66.9 Å². The van der Waals surface area contributed by atoms with Crippen molar-refractivity contribution in [2.75, 3.05) is 39.1 Å². The van der Waals surface area contributed by atoms with Gasteiger partial charge in [-0.05, 0) is 98.3 Å². The highest BCUT2D eigenvalue weighted by Gasteiger charge is 2.29. The fourth-order valence-electron chi connectivity index (χ4n) is 4.95. The third-order valence-electron chi connectivity index (χ3n) is 6.88. The number of likely N-dealkylation sites (tertiary alicyclic amines) is 1. The molecule has 0 bridgehead atoms. The van der Waals surface area contributed by atoms with Crippen LogP contribution in [0, 0.1) is 11.8 Å². The summed E-state index contributed by atoms with van der Waals surface area (Å²) >= 11 is 1.85. The van der Waals surface area contributed by atoms with Gasteiger partial charge in [0.15, 0.2) is 0 Å². The zero-order valence-corrected chi connectivity index (χ0v) is 20.7. The van der Waals surface area contributed by atoms with Gasteiger partial charge in [0, 0.05) is 42.0 Å². The number of aromatic nitrogens is 2. The van der Waals surface area contributed by atoms with E-state index in [2.05, 4.69) is 20.9 Å². The van der Waals surface area contributed by atoms with Gasteiger partial charge in [-0.25, -0.2) is 0 Å². The van der Waals surface area contributed by atoms with Crippen molar-refractivity contribution in [2.24, 2.45) is 11.8 Å². The Morgan fingerprint density at radius 3 is 2.91 bits per heavy atom. The lowest BCUT2D eigenvalue weighted by Crippen LogP contribution is -2.42. The Morgan fingerprint density at radius 1 is 1.21 bits per heavy atom. The molecule has 7 heteroatoms. The first-order valence-electron chi connectivity index (χ1n) is 12.1. The summed E-state index contributed by atoms with van der Waals surface area (Å²) in [4.78, 5) is 12.3. The van der Waals surface area contributed by atoms with Gasteiger partial charge in [0.25, 0.3) is 0 Å². The van der Waals surface area contributed by atoms with E-state index in [1.54, 1.807) is 19.5 Å². The van der Waals surface area contributed by atoms with Crippen molar-refractivity contribution in [2.45, 2.75) is 36.7 Å². The number of ether oxygens (including phenoxy) is 1. The maximum absolute atomic E-state index is 11.0. The lowest BCUT2D eigenvalue weighted by Gasteiger charge is -2.38. The largest absolute Gasteiger partial charge is 0.497 e. The monoisotopic (exact) mass is 481 g/mol. The van der Waals surface area contributed by atoms with Crippen molar-refractivity contribution in [1.29, 1.82) is 0 Å². The number of aliphatic hydroxyl groups is 2. The minimum Gasteiger partial charge on any atom is -0.497 e. The molecule has 1 saturated heterocycles. The number of fused-ring (bicyclic) bond motifs is 1. The molecule has 1 fully saturated rings. The van der Waals surface area contributed by atoms with Crippen LogP contribution in [-0.2, 0) is 0 Å². The number of aliphatic hydroxyl groups excluding tert-OH is 2. The van der Waals surface area contributed by atoms with Crippen LogP contribution in [-0.4, -0.2) is 64.2 Å². The number of piperidine rings is 1. The predicted molar refractivity (Wildman–Crippen MR) is 137 cm³/mol. The van der Waals surface area contributed by atoms with Crippen molar-refractivity contribution in [3.05, 3.63) is 60.6 Å². The van der Waals surface area contributed by atoms with Gasteiger partial charge in [0.05, 0.1) is 18.7 Å². The molecular weight excluding hydrogens is 446 g/mol. The molecule has 182 valence electrons. The van der Waals surface area contributed by atoms with Gasteiger partial charge in [-0.2, -0.15) is 0 Å². The molecule has 4 rings (SSSR count). The van der Waals surface area contributed by atoms with Gasteiger partial charge in [0.1, 0.15) is 5.75 Å². The molecule has 6 nitrogen and oxygen atoms in total. The lowest BCUT2D eigenvalue weighted by molar-refractivity contribution is 0.0581. The normalized spacial score (nSPS) is 19.9. The molecule has 2 aromatic heterocycles. The number of hydrogen-bond donors (Lipinski definition) is 2. The van der Waals surface area contributed by atoms with Crippen molar-refractivity contribution in [3.63, 3.8) is 0 Å². The Labute approximate surface area is 206 Å². The second-order valence-corrected chi connectivity index (χ2v) is 10.2. The number of thioether (sulfide) groups is 1. The van der Waals surface area contributed by atoms with Crippen LogP contribution >= 0.6 is 11.8 Å². The fraction of sp³-hybridized carbons (Fsp3) is 0.481. The zero-order valence-electron chi connectivity index (χ0n) is 19.8. The van der Waals surface area contributed by atoms with E-state index in [1.807, 2.05) is 48.3 Å². The third kappa shape index (κ3) is 6.48. The van der Waals surface area contributed by atoms with Gasteiger partial charge in [-0.3, -0.25) is 9.97 Å². The number of nitrogens with zero attached hydrogens (tertiary/aromatic N) is 3. The summed E-state index contributed by atoms with van der Waals surface area (Å²) in [5.74, 6) is 2.54. The zero-order chi connectivity index (χ0) is 23.8. The Bertz CT molecular complexity index is 1040. The molecule has 0 unspecified atom stereocenters. The molecule has 3 heterocycles. The van der Waals surface area contributed by atoms with Crippen molar-refractivity contribution >= 4 is 22.7 Å². The molecule has 0 spiro atoms. The Kier molecular flexibility index (Phi) is 9.16. The van der Waals surface area contributed by atoms with Crippen LogP contribution in [0.5, 0.6) is 5.75 Å². The molecule has 0 radical (unpaired) electrons. The van der Waals surface area contributed by atoms with Crippen molar-refractivity contribution < 1.29 is 14.9 Å². The maximum atomic E-state index is 11.0. The Hall–Kier alpha value is -2.19. The third-order valence-corrected chi connectivity index (χ3v) is 7.95. The van der Waals surface area contributed by atoms with Crippen LogP contribution in [0.15, 0.2) is 59.9 Å². The predicted octanol–water partition coefficient (Wildman–Crippen LogP) is 4.56. The smallest absolute Gasteiger partial charge is 0.119 e. The summed E-state index contributed by atoms with van der Waals surface area (Å²) < 4.78 is 5.36. The molecule has 1 aliphatic heterocycles. The molecule has 0 saturated carbocycles. The SMILES string of the molecule is COc1ccc2nccc([C@H](O)CC[C@@H]3CCN(CCCSc4cccnc4)C[C@@H]3CO)c2c1.